The largest absolute Gasteiger partial charge is 0.475 e. The molecule has 1 aliphatic heterocycles. The molecule has 1 heterocycles. The van der Waals surface area contributed by atoms with Gasteiger partial charge in [0.15, 0.2) is 9.84 Å². The number of ether oxygens (including phenoxy) is 1. The van der Waals surface area contributed by atoms with E-state index in [9.17, 15) is 22.0 Å². The SMILES string of the molecule is O=C(O)C(F)(F)OC1CCS(=O)(=O)CC1. The molecule has 1 N–H and O–H groups in total. The molecule has 0 aromatic heterocycles. The minimum atomic E-state index is -4.24. The van der Waals surface area contributed by atoms with Gasteiger partial charge in [0.05, 0.1) is 17.6 Å². The molecule has 15 heavy (non-hydrogen) atoms. The van der Waals surface area contributed by atoms with Crippen LogP contribution in [0.5, 0.6) is 0 Å². The van der Waals surface area contributed by atoms with E-state index >= 15 is 0 Å². The van der Waals surface area contributed by atoms with E-state index in [1.807, 2.05) is 0 Å². The Morgan fingerprint density at radius 2 is 1.80 bits per heavy atom. The summed E-state index contributed by atoms with van der Waals surface area (Å²) in [6, 6.07) is 0. The number of aliphatic carboxylic acids is 1. The Bertz CT molecular complexity index is 336. The van der Waals surface area contributed by atoms with Crippen molar-refractivity contribution in [3.05, 3.63) is 0 Å². The molecule has 1 saturated heterocycles. The van der Waals surface area contributed by atoms with Crippen LogP contribution in [0.1, 0.15) is 12.8 Å². The maximum atomic E-state index is 12.6. The number of halogens is 2. The predicted octanol–water partition coefficient (Wildman–Crippen LogP) is 0.258. The van der Waals surface area contributed by atoms with Gasteiger partial charge >= 0.3 is 12.1 Å². The Hall–Kier alpha value is -0.760. The summed E-state index contributed by atoms with van der Waals surface area (Å²) in [5.74, 6) is -2.85. The molecule has 0 unspecified atom stereocenters. The number of alkyl halides is 2. The Morgan fingerprint density at radius 1 is 1.33 bits per heavy atom. The fourth-order valence-electron chi connectivity index (χ4n) is 1.25. The highest BCUT2D eigenvalue weighted by Crippen LogP contribution is 2.24. The lowest BCUT2D eigenvalue weighted by Crippen LogP contribution is -2.39. The van der Waals surface area contributed by atoms with Crippen molar-refractivity contribution in [2.24, 2.45) is 0 Å². The van der Waals surface area contributed by atoms with Crippen LogP contribution in [-0.4, -0.2) is 43.2 Å². The molecule has 0 aliphatic carbocycles. The van der Waals surface area contributed by atoms with Crippen LogP contribution in [0.2, 0.25) is 0 Å². The fourth-order valence-corrected chi connectivity index (χ4v) is 2.69. The third kappa shape index (κ3) is 3.38. The molecule has 0 aromatic rings. The van der Waals surface area contributed by atoms with Crippen LogP contribution in [0, 0.1) is 0 Å². The van der Waals surface area contributed by atoms with Crippen molar-refractivity contribution >= 4 is 15.8 Å². The smallest absolute Gasteiger partial charge is 0.456 e. The molecule has 0 amide bonds. The van der Waals surface area contributed by atoms with Crippen LogP contribution >= 0.6 is 0 Å². The van der Waals surface area contributed by atoms with Crippen LogP contribution < -0.4 is 0 Å². The average Bonchev–Trinajstić information content (AvgIpc) is 2.08. The first-order valence-corrected chi connectivity index (χ1v) is 6.04. The zero-order valence-corrected chi connectivity index (χ0v) is 8.47. The van der Waals surface area contributed by atoms with Gasteiger partial charge in [0.25, 0.3) is 0 Å². The first-order valence-electron chi connectivity index (χ1n) is 4.22. The maximum Gasteiger partial charge on any atom is 0.456 e. The molecule has 8 heteroatoms. The van der Waals surface area contributed by atoms with Gasteiger partial charge in [-0.25, -0.2) is 13.2 Å². The fraction of sp³-hybridized carbons (Fsp3) is 0.857. The second kappa shape index (κ2) is 4.01. The highest BCUT2D eigenvalue weighted by molar-refractivity contribution is 7.91. The second-order valence-electron chi connectivity index (χ2n) is 3.29. The van der Waals surface area contributed by atoms with E-state index in [-0.39, 0.29) is 24.3 Å². The Kier molecular flexibility index (Phi) is 3.29. The molecule has 0 spiro atoms. The zero-order chi connectivity index (χ0) is 11.7. The van der Waals surface area contributed by atoms with Gasteiger partial charge in [-0.15, -0.1) is 0 Å². The van der Waals surface area contributed by atoms with Gasteiger partial charge in [0.2, 0.25) is 0 Å². The molecule has 0 bridgehead atoms. The van der Waals surface area contributed by atoms with Crippen LogP contribution in [0.15, 0.2) is 0 Å². The summed E-state index contributed by atoms with van der Waals surface area (Å²) in [5, 5.41) is 8.08. The molecule has 1 rings (SSSR count). The molecule has 1 aliphatic rings. The van der Waals surface area contributed by atoms with Gasteiger partial charge in [-0.05, 0) is 12.8 Å². The minimum Gasteiger partial charge on any atom is -0.475 e. The lowest BCUT2D eigenvalue weighted by atomic mass is 10.2. The molecule has 0 radical (unpaired) electrons. The molecule has 88 valence electrons. The molecule has 1 fully saturated rings. The van der Waals surface area contributed by atoms with Crippen molar-refractivity contribution in [1.29, 1.82) is 0 Å². The number of rotatable bonds is 3. The van der Waals surface area contributed by atoms with E-state index in [0.29, 0.717) is 0 Å². The Balaban J connectivity index is 2.53. The lowest BCUT2D eigenvalue weighted by molar-refractivity contribution is -0.263. The number of hydrogen-bond acceptors (Lipinski definition) is 4. The van der Waals surface area contributed by atoms with Crippen LogP contribution in [0.25, 0.3) is 0 Å². The summed E-state index contributed by atoms with van der Waals surface area (Å²) >= 11 is 0. The first-order chi connectivity index (χ1) is 6.73. The van der Waals surface area contributed by atoms with Gasteiger partial charge < -0.3 is 9.84 Å². The van der Waals surface area contributed by atoms with Crippen LogP contribution in [0.4, 0.5) is 8.78 Å². The molecule has 0 aromatic carbocycles. The summed E-state index contributed by atoms with van der Waals surface area (Å²) in [5.41, 5.74) is 0. The summed E-state index contributed by atoms with van der Waals surface area (Å²) in [6.07, 6.45) is -5.44. The van der Waals surface area contributed by atoms with Crippen molar-refractivity contribution in [1.82, 2.24) is 0 Å². The van der Waals surface area contributed by atoms with E-state index in [2.05, 4.69) is 4.74 Å². The van der Waals surface area contributed by atoms with E-state index in [4.69, 9.17) is 5.11 Å². The van der Waals surface area contributed by atoms with E-state index in [0.717, 1.165) is 0 Å². The highest BCUT2D eigenvalue weighted by atomic mass is 32.2. The minimum absolute atomic E-state index is 0.0921. The molecular weight excluding hydrogens is 234 g/mol. The molecule has 0 saturated carbocycles. The quantitative estimate of drug-likeness (QED) is 0.770. The van der Waals surface area contributed by atoms with Crippen molar-refractivity contribution in [2.75, 3.05) is 11.5 Å². The van der Waals surface area contributed by atoms with Crippen molar-refractivity contribution in [3.63, 3.8) is 0 Å². The summed E-state index contributed by atoms with van der Waals surface area (Å²) in [4.78, 5) is 10.0. The monoisotopic (exact) mass is 244 g/mol. The highest BCUT2D eigenvalue weighted by Gasteiger charge is 2.44. The van der Waals surface area contributed by atoms with Crippen molar-refractivity contribution < 1.29 is 31.8 Å². The van der Waals surface area contributed by atoms with Gasteiger partial charge in [0, 0.05) is 0 Å². The number of carboxylic acid groups (broad SMARTS) is 1. The normalized spacial score (nSPS) is 22.5. The molecule has 0 atom stereocenters. The molecular formula is C7H10F2O5S. The Labute approximate surface area is 84.9 Å². The standard InChI is InChI=1S/C7H10F2O5S/c8-7(9,6(10)11)14-5-1-3-15(12,13)4-2-5/h5H,1-4H2,(H,10,11). The van der Waals surface area contributed by atoms with Gasteiger partial charge in [-0.1, -0.05) is 0 Å². The third-order valence-electron chi connectivity index (χ3n) is 2.07. The number of carbonyl (C=O) groups is 1. The lowest BCUT2D eigenvalue weighted by Gasteiger charge is -2.24. The topological polar surface area (TPSA) is 80.7 Å². The van der Waals surface area contributed by atoms with Crippen molar-refractivity contribution in [3.8, 4) is 0 Å². The van der Waals surface area contributed by atoms with Gasteiger partial charge in [0.1, 0.15) is 0 Å². The summed E-state index contributed by atoms with van der Waals surface area (Å²) < 4.78 is 51.0. The van der Waals surface area contributed by atoms with Gasteiger partial charge in [-0.2, -0.15) is 8.78 Å². The number of carboxylic acids is 1. The molecule has 5 nitrogen and oxygen atoms in total. The van der Waals surface area contributed by atoms with Crippen molar-refractivity contribution in [2.45, 2.75) is 25.1 Å². The van der Waals surface area contributed by atoms with Gasteiger partial charge in [-0.3, -0.25) is 0 Å². The first kappa shape index (κ1) is 12.3. The Morgan fingerprint density at radius 3 is 2.20 bits per heavy atom. The zero-order valence-electron chi connectivity index (χ0n) is 7.65. The van der Waals surface area contributed by atoms with E-state index in [1.54, 1.807) is 0 Å². The predicted molar refractivity (Wildman–Crippen MR) is 45.3 cm³/mol. The second-order valence-corrected chi connectivity index (χ2v) is 5.59. The number of hydrogen-bond donors (Lipinski definition) is 1. The van der Waals surface area contributed by atoms with E-state index in [1.165, 1.54) is 0 Å². The summed E-state index contributed by atoms with van der Waals surface area (Å²) in [7, 11) is -3.16. The van der Waals surface area contributed by atoms with E-state index < -0.39 is 28.0 Å². The average molecular weight is 244 g/mol. The van der Waals surface area contributed by atoms with Crippen LogP contribution in [0.3, 0.4) is 0 Å². The van der Waals surface area contributed by atoms with Crippen LogP contribution in [-0.2, 0) is 19.4 Å². The number of sulfone groups is 1. The maximum absolute atomic E-state index is 12.6. The third-order valence-corrected chi connectivity index (χ3v) is 3.78. The summed E-state index contributed by atoms with van der Waals surface area (Å²) in [6.45, 7) is 0.